The third kappa shape index (κ3) is 2.92. The van der Waals surface area contributed by atoms with Crippen molar-refractivity contribution < 1.29 is 13.9 Å². The third-order valence-corrected chi connectivity index (χ3v) is 3.30. The van der Waals surface area contributed by atoms with Crippen LogP contribution in [0.15, 0.2) is 23.6 Å². The van der Waals surface area contributed by atoms with E-state index in [4.69, 9.17) is 4.74 Å². The zero-order valence-electron chi connectivity index (χ0n) is 10.1. The fourth-order valence-corrected chi connectivity index (χ4v) is 2.13. The van der Waals surface area contributed by atoms with E-state index < -0.39 is 5.82 Å². The van der Waals surface area contributed by atoms with Crippen LogP contribution in [0.4, 0.5) is 4.39 Å². The van der Waals surface area contributed by atoms with E-state index in [9.17, 15) is 9.18 Å². The molecule has 0 aliphatic carbocycles. The Balaban J connectivity index is 2.08. The van der Waals surface area contributed by atoms with Gasteiger partial charge in [0, 0.05) is 16.6 Å². The molecule has 18 heavy (non-hydrogen) atoms. The standard InChI is InChI=1S/C13H12FNO2S/c1-8-7-18-13(15-8)6-17-12-4-3-10(9(2)16)5-11(12)14/h3-5,7H,6H2,1-2H3. The number of aromatic nitrogens is 1. The maximum Gasteiger partial charge on any atom is 0.165 e. The van der Waals surface area contributed by atoms with Crippen LogP contribution in [-0.4, -0.2) is 10.8 Å². The van der Waals surface area contributed by atoms with Gasteiger partial charge in [-0.1, -0.05) is 0 Å². The molecule has 2 aromatic rings. The van der Waals surface area contributed by atoms with Crippen molar-refractivity contribution in [3.05, 3.63) is 45.7 Å². The molecule has 5 heteroatoms. The molecule has 0 unspecified atom stereocenters. The van der Waals surface area contributed by atoms with Gasteiger partial charge < -0.3 is 4.74 Å². The molecule has 0 aliphatic rings. The summed E-state index contributed by atoms with van der Waals surface area (Å²) in [5.41, 5.74) is 1.26. The quantitative estimate of drug-likeness (QED) is 0.796. The molecule has 0 bridgehead atoms. The second-order valence-corrected chi connectivity index (χ2v) is 4.82. The normalized spacial score (nSPS) is 10.4. The number of halogens is 1. The largest absolute Gasteiger partial charge is 0.483 e. The minimum Gasteiger partial charge on any atom is -0.483 e. The minimum atomic E-state index is -0.532. The molecule has 0 atom stereocenters. The lowest BCUT2D eigenvalue weighted by molar-refractivity contribution is 0.101. The molecule has 0 saturated heterocycles. The van der Waals surface area contributed by atoms with Gasteiger partial charge in [0.25, 0.3) is 0 Å². The van der Waals surface area contributed by atoms with Crippen molar-refractivity contribution in [2.24, 2.45) is 0 Å². The molecule has 1 heterocycles. The molecule has 0 N–H and O–H groups in total. The van der Waals surface area contributed by atoms with Crippen LogP contribution < -0.4 is 4.74 Å². The summed E-state index contributed by atoms with van der Waals surface area (Å²) in [6.07, 6.45) is 0. The molecule has 0 aliphatic heterocycles. The number of rotatable bonds is 4. The van der Waals surface area contributed by atoms with Crippen LogP contribution in [0.3, 0.4) is 0 Å². The smallest absolute Gasteiger partial charge is 0.165 e. The lowest BCUT2D eigenvalue weighted by atomic mass is 10.1. The lowest BCUT2D eigenvalue weighted by Gasteiger charge is -2.06. The molecule has 3 nitrogen and oxygen atoms in total. The van der Waals surface area contributed by atoms with Gasteiger partial charge in [-0.2, -0.15) is 0 Å². The number of hydrogen-bond acceptors (Lipinski definition) is 4. The van der Waals surface area contributed by atoms with Crippen molar-refractivity contribution in [2.45, 2.75) is 20.5 Å². The lowest BCUT2D eigenvalue weighted by Crippen LogP contribution is -1.99. The number of Topliss-reactive ketones (excluding diaryl/α,β-unsaturated/α-hetero) is 1. The van der Waals surface area contributed by atoms with Crippen LogP contribution in [0.25, 0.3) is 0 Å². The fraction of sp³-hybridized carbons (Fsp3) is 0.231. The molecular weight excluding hydrogens is 253 g/mol. The molecule has 0 radical (unpaired) electrons. The first-order valence-electron chi connectivity index (χ1n) is 5.40. The zero-order valence-corrected chi connectivity index (χ0v) is 10.9. The molecular formula is C13H12FNO2S. The second kappa shape index (κ2) is 5.27. The molecule has 0 amide bonds. The third-order valence-electron chi connectivity index (χ3n) is 2.36. The van der Waals surface area contributed by atoms with E-state index in [0.29, 0.717) is 5.56 Å². The van der Waals surface area contributed by atoms with Gasteiger partial charge in [-0.15, -0.1) is 11.3 Å². The Bertz CT molecular complexity index is 580. The summed E-state index contributed by atoms with van der Waals surface area (Å²) in [5, 5.41) is 2.70. The number of nitrogens with zero attached hydrogens (tertiary/aromatic N) is 1. The van der Waals surface area contributed by atoms with Gasteiger partial charge in [-0.05, 0) is 32.0 Å². The van der Waals surface area contributed by atoms with Gasteiger partial charge in [0.1, 0.15) is 11.6 Å². The number of carbonyl (C=O) groups excluding carboxylic acids is 1. The van der Waals surface area contributed by atoms with E-state index in [0.717, 1.165) is 10.7 Å². The molecule has 0 saturated carbocycles. The molecule has 0 fully saturated rings. The summed E-state index contributed by atoms with van der Waals surface area (Å²) in [6, 6.07) is 4.20. The Morgan fingerprint density at radius 2 is 2.28 bits per heavy atom. The van der Waals surface area contributed by atoms with Crippen LogP contribution >= 0.6 is 11.3 Å². The summed E-state index contributed by atoms with van der Waals surface area (Å²) in [7, 11) is 0. The van der Waals surface area contributed by atoms with E-state index in [2.05, 4.69) is 4.98 Å². The highest BCUT2D eigenvalue weighted by molar-refractivity contribution is 7.09. The number of thiazole rings is 1. The number of benzene rings is 1. The molecule has 0 spiro atoms. The highest BCUT2D eigenvalue weighted by Crippen LogP contribution is 2.20. The second-order valence-electron chi connectivity index (χ2n) is 3.87. The maximum absolute atomic E-state index is 13.6. The van der Waals surface area contributed by atoms with Gasteiger partial charge >= 0.3 is 0 Å². The maximum atomic E-state index is 13.6. The Labute approximate surface area is 108 Å². The van der Waals surface area contributed by atoms with E-state index in [1.807, 2.05) is 12.3 Å². The van der Waals surface area contributed by atoms with Crippen molar-refractivity contribution in [1.82, 2.24) is 4.98 Å². The predicted molar refractivity (Wildman–Crippen MR) is 67.6 cm³/mol. The predicted octanol–water partition coefficient (Wildman–Crippen LogP) is 3.37. The van der Waals surface area contributed by atoms with Crippen molar-refractivity contribution in [3.8, 4) is 5.75 Å². The number of ketones is 1. The molecule has 1 aromatic carbocycles. The fourth-order valence-electron chi connectivity index (χ4n) is 1.45. The number of hydrogen-bond donors (Lipinski definition) is 0. The van der Waals surface area contributed by atoms with Crippen LogP contribution in [0, 0.1) is 12.7 Å². The van der Waals surface area contributed by atoms with Gasteiger partial charge in [0.2, 0.25) is 0 Å². The average Bonchev–Trinajstić information content (AvgIpc) is 2.73. The topological polar surface area (TPSA) is 39.2 Å². The Kier molecular flexibility index (Phi) is 3.72. The van der Waals surface area contributed by atoms with Crippen LogP contribution in [0.5, 0.6) is 5.75 Å². The van der Waals surface area contributed by atoms with E-state index in [1.54, 1.807) is 6.07 Å². The van der Waals surface area contributed by atoms with Crippen molar-refractivity contribution in [1.29, 1.82) is 0 Å². The highest BCUT2D eigenvalue weighted by Gasteiger charge is 2.08. The summed E-state index contributed by atoms with van der Waals surface area (Å²) in [5.74, 6) is -0.570. The molecule has 2 rings (SSSR count). The van der Waals surface area contributed by atoms with Gasteiger partial charge in [0.15, 0.2) is 17.3 Å². The number of carbonyl (C=O) groups is 1. The van der Waals surface area contributed by atoms with Crippen LogP contribution in [0.1, 0.15) is 28.0 Å². The first kappa shape index (κ1) is 12.7. The van der Waals surface area contributed by atoms with Crippen LogP contribution in [0.2, 0.25) is 0 Å². The molecule has 1 aromatic heterocycles. The highest BCUT2D eigenvalue weighted by atomic mass is 32.1. The Morgan fingerprint density at radius 1 is 1.50 bits per heavy atom. The first-order chi connectivity index (χ1) is 8.56. The number of ether oxygens (including phenoxy) is 1. The van der Waals surface area contributed by atoms with Gasteiger partial charge in [0.05, 0.1) is 0 Å². The van der Waals surface area contributed by atoms with Crippen molar-refractivity contribution in [2.75, 3.05) is 0 Å². The Hall–Kier alpha value is -1.75. The van der Waals surface area contributed by atoms with E-state index in [-0.39, 0.29) is 18.1 Å². The summed E-state index contributed by atoms with van der Waals surface area (Å²) < 4.78 is 19.0. The summed E-state index contributed by atoms with van der Waals surface area (Å²) >= 11 is 1.47. The van der Waals surface area contributed by atoms with E-state index >= 15 is 0 Å². The van der Waals surface area contributed by atoms with Crippen molar-refractivity contribution >= 4 is 17.1 Å². The summed E-state index contributed by atoms with van der Waals surface area (Å²) in [4.78, 5) is 15.3. The van der Waals surface area contributed by atoms with Crippen molar-refractivity contribution in [3.63, 3.8) is 0 Å². The Morgan fingerprint density at radius 3 is 2.83 bits per heavy atom. The first-order valence-corrected chi connectivity index (χ1v) is 6.28. The zero-order chi connectivity index (χ0) is 13.1. The van der Waals surface area contributed by atoms with Gasteiger partial charge in [-0.25, -0.2) is 9.37 Å². The SMILES string of the molecule is CC(=O)c1ccc(OCc2nc(C)cs2)c(F)c1. The minimum absolute atomic E-state index is 0.132. The molecule has 94 valence electrons. The monoisotopic (exact) mass is 265 g/mol. The van der Waals surface area contributed by atoms with E-state index in [1.165, 1.54) is 30.4 Å². The van der Waals surface area contributed by atoms with Crippen LogP contribution in [-0.2, 0) is 6.61 Å². The number of aryl methyl sites for hydroxylation is 1. The summed E-state index contributed by atoms with van der Waals surface area (Å²) in [6.45, 7) is 3.52. The average molecular weight is 265 g/mol. The van der Waals surface area contributed by atoms with Gasteiger partial charge in [-0.3, -0.25) is 4.79 Å².